The molecule has 1 amide bonds. The first-order valence-electron chi connectivity index (χ1n) is 15.0. The Morgan fingerprint density at radius 3 is 2.50 bits per heavy atom. The number of benzene rings is 2. The average Bonchev–Trinajstić information content (AvgIpc) is 3.64. The molecule has 224 valence electrons. The van der Waals surface area contributed by atoms with E-state index in [4.69, 9.17) is 14.7 Å². The molecule has 2 aromatic carbocycles. The van der Waals surface area contributed by atoms with Crippen molar-refractivity contribution in [2.24, 2.45) is 11.8 Å². The molecule has 0 aromatic heterocycles. The highest BCUT2D eigenvalue weighted by Crippen LogP contribution is 2.43. The number of aryl methyl sites for hydroxylation is 1. The van der Waals surface area contributed by atoms with Gasteiger partial charge in [0.1, 0.15) is 0 Å². The van der Waals surface area contributed by atoms with Gasteiger partial charge in [0.25, 0.3) is 5.91 Å². The predicted molar refractivity (Wildman–Crippen MR) is 158 cm³/mol. The molecule has 4 atom stereocenters. The highest BCUT2D eigenvalue weighted by Gasteiger charge is 2.54. The fraction of sp³-hybridized carbons (Fsp3) is 0.545. The number of nitrogens with zero attached hydrogens (tertiary/aromatic N) is 3. The molecule has 1 N–H and O–H groups in total. The number of hydrogen-bond acceptors (Lipinski definition) is 7. The molecular weight excluding hydrogens is 535 g/mol. The zero-order valence-electron chi connectivity index (χ0n) is 24.8. The number of nitrogens with one attached hydrogen (secondary N) is 1. The summed E-state index contributed by atoms with van der Waals surface area (Å²) in [5.74, 6) is -1.36. The molecule has 3 fully saturated rings. The maximum Gasteiger partial charge on any atom is 0.308 e. The number of esters is 1. The fourth-order valence-corrected chi connectivity index (χ4v) is 7.03. The molecule has 0 unspecified atom stereocenters. The van der Waals surface area contributed by atoms with Gasteiger partial charge in [-0.1, -0.05) is 31.2 Å². The van der Waals surface area contributed by atoms with Crippen LogP contribution in [0.4, 0.5) is 10.1 Å². The monoisotopic (exact) mass is 576 g/mol. The normalized spacial score (nSPS) is 26.3. The van der Waals surface area contributed by atoms with Crippen molar-refractivity contribution in [3.63, 3.8) is 0 Å². The van der Waals surface area contributed by atoms with Crippen LogP contribution in [0.15, 0.2) is 42.5 Å². The molecule has 0 saturated carbocycles. The second-order valence-corrected chi connectivity index (χ2v) is 11.8. The average molecular weight is 577 g/mol. The lowest BCUT2D eigenvalue weighted by Gasteiger charge is -2.35. The Hall–Kier alpha value is -3.48. The van der Waals surface area contributed by atoms with Crippen LogP contribution in [0.2, 0.25) is 0 Å². The van der Waals surface area contributed by atoms with E-state index < -0.39 is 17.5 Å². The van der Waals surface area contributed by atoms with Crippen LogP contribution in [0.3, 0.4) is 0 Å². The summed E-state index contributed by atoms with van der Waals surface area (Å²) in [6, 6.07) is 15.5. The van der Waals surface area contributed by atoms with Crippen molar-refractivity contribution < 1.29 is 23.5 Å². The van der Waals surface area contributed by atoms with E-state index in [1.807, 2.05) is 0 Å². The summed E-state index contributed by atoms with van der Waals surface area (Å²) in [4.78, 5) is 30.2. The molecule has 0 bridgehead atoms. The van der Waals surface area contributed by atoms with E-state index >= 15 is 4.39 Å². The topological polar surface area (TPSA) is 94.9 Å². The third-order valence-corrected chi connectivity index (χ3v) is 9.46. The summed E-state index contributed by atoms with van der Waals surface area (Å²) in [6.45, 7) is 5.23. The van der Waals surface area contributed by atoms with Crippen molar-refractivity contribution in [1.82, 2.24) is 10.2 Å². The van der Waals surface area contributed by atoms with Crippen LogP contribution in [-0.2, 0) is 25.5 Å². The SMILES string of the molecule is CCc1ccc([C@H]2CN(C(=O)[C@]3(F)CNC[C@H]3c3ccc(C#N)cc3)C[C@@H]2COC)c(N2CCC(C(=O)OC)CC2)c1. The van der Waals surface area contributed by atoms with Gasteiger partial charge in [0, 0.05) is 69.8 Å². The van der Waals surface area contributed by atoms with Gasteiger partial charge in [-0.3, -0.25) is 9.59 Å². The van der Waals surface area contributed by atoms with E-state index in [9.17, 15) is 9.59 Å². The lowest BCUT2D eigenvalue weighted by molar-refractivity contribution is -0.146. The largest absolute Gasteiger partial charge is 0.469 e. The smallest absolute Gasteiger partial charge is 0.308 e. The van der Waals surface area contributed by atoms with Crippen LogP contribution in [0, 0.1) is 23.2 Å². The maximum atomic E-state index is 16.7. The first-order valence-corrected chi connectivity index (χ1v) is 15.0. The molecule has 9 heteroatoms. The Labute approximate surface area is 247 Å². The highest BCUT2D eigenvalue weighted by molar-refractivity contribution is 5.88. The van der Waals surface area contributed by atoms with E-state index in [1.165, 1.54) is 12.7 Å². The standard InChI is InChI=1S/C33H41FN4O4/c1-4-22-7-10-27(30(15-22)37-13-11-25(12-14-37)31(39)42-3)28-19-38(18-26(28)20-41-2)32(40)33(34)21-36-17-29(33)24-8-5-23(16-35)6-9-24/h5-10,15,25-26,28-29,36H,4,11-14,17-21H2,1-3H3/t26-,28+,29+,33+/m1/s1. The minimum atomic E-state index is -2.08. The van der Waals surface area contributed by atoms with Gasteiger partial charge in [0.15, 0.2) is 0 Å². The highest BCUT2D eigenvalue weighted by atomic mass is 19.1. The molecule has 0 radical (unpaired) electrons. The molecule has 8 nitrogen and oxygen atoms in total. The van der Waals surface area contributed by atoms with Crippen molar-refractivity contribution in [1.29, 1.82) is 5.26 Å². The van der Waals surface area contributed by atoms with Gasteiger partial charge in [-0.2, -0.15) is 5.26 Å². The number of carbonyl (C=O) groups is 2. The number of carbonyl (C=O) groups excluding carboxylic acids is 2. The third kappa shape index (κ3) is 5.75. The Kier molecular flexibility index (Phi) is 9.14. The Bertz CT molecular complexity index is 1320. The van der Waals surface area contributed by atoms with Gasteiger partial charge in [-0.15, -0.1) is 0 Å². The lowest BCUT2D eigenvalue weighted by atomic mass is 9.85. The van der Waals surface area contributed by atoms with Crippen molar-refractivity contribution in [3.8, 4) is 6.07 Å². The van der Waals surface area contributed by atoms with Gasteiger partial charge in [-0.25, -0.2) is 4.39 Å². The summed E-state index contributed by atoms with van der Waals surface area (Å²) in [5.41, 5.74) is 2.64. The molecule has 3 aliphatic rings. The second-order valence-electron chi connectivity index (χ2n) is 11.8. The van der Waals surface area contributed by atoms with Gasteiger partial charge < -0.3 is 24.6 Å². The number of rotatable bonds is 8. The molecule has 0 spiro atoms. The number of piperidine rings is 1. The molecular formula is C33H41FN4O4. The van der Waals surface area contributed by atoms with E-state index in [0.29, 0.717) is 37.4 Å². The van der Waals surface area contributed by atoms with Crippen LogP contribution in [0.5, 0.6) is 0 Å². The lowest BCUT2D eigenvalue weighted by Crippen LogP contribution is -2.49. The van der Waals surface area contributed by atoms with Gasteiger partial charge >= 0.3 is 5.97 Å². The number of methoxy groups -OCH3 is 2. The van der Waals surface area contributed by atoms with Crippen molar-refractivity contribution >= 4 is 17.6 Å². The molecule has 3 aliphatic heterocycles. The van der Waals surface area contributed by atoms with Crippen molar-refractivity contribution in [2.75, 3.05) is 65.0 Å². The first-order chi connectivity index (χ1) is 20.3. The van der Waals surface area contributed by atoms with Gasteiger partial charge in [-0.05, 0) is 54.2 Å². The zero-order chi connectivity index (χ0) is 29.9. The number of anilines is 1. The number of ether oxygens (including phenoxy) is 2. The molecule has 42 heavy (non-hydrogen) atoms. The Balaban J connectivity index is 1.40. The number of likely N-dealkylation sites (tertiary alicyclic amines) is 1. The first kappa shape index (κ1) is 30.0. The number of alkyl halides is 1. The van der Waals surface area contributed by atoms with Gasteiger partial charge in [0.05, 0.1) is 31.3 Å². The zero-order valence-corrected chi connectivity index (χ0v) is 24.8. The van der Waals surface area contributed by atoms with E-state index in [2.05, 4.69) is 41.4 Å². The number of hydrogen-bond donors (Lipinski definition) is 1. The summed E-state index contributed by atoms with van der Waals surface area (Å²) < 4.78 is 27.3. The summed E-state index contributed by atoms with van der Waals surface area (Å²) in [5, 5.41) is 12.3. The van der Waals surface area contributed by atoms with Crippen LogP contribution >= 0.6 is 0 Å². The number of nitriles is 1. The molecule has 0 aliphatic carbocycles. The van der Waals surface area contributed by atoms with E-state index in [1.54, 1.807) is 36.3 Å². The molecule has 5 rings (SSSR count). The molecule has 3 saturated heterocycles. The predicted octanol–water partition coefficient (Wildman–Crippen LogP) is 3.79. The van der Waals surface area contributed by atoms with Crippen LogP contribution < -0.4 is 10.2 Å². The quantitative estimate of drug-likeness (QED) is 0.478. The summed E-state index contributed by atoms with van der Waals surface area (Å²) >= 11 is 0. The maximum absolute atomic E-state index is 16.7. The van der Waals surface area contributed by atoms with Gasteiger partial charge in [0.2, 0.25) is 5.67 Å². The Morgan fingerprint density at radius 1 is 1.12 bits per heavy atom. The van der Waals surface area contributed by atoms with Crippen LogP contribution in [0.1, 0.15) is 53.9 Å². The van der Waals surface area contributed by atoms with E-state index in [-0.39, 0.29) is 30.3 Å². The number of halogens is 1. The summed E-state index contributed by atoms with van der Waals surface area (Å²) in [6.07, 6.45) is 2.36. The van der Waals surface area contributed by atoms with Crippen molar-refractivity contribution in [2.45, 2.75) is 43.7 Å². The Morgan fingerprint density at radius 2 is 1.86 bits per heavy atom. The van der Waals surface area contributed by atoms with E-state index in [0.717, 1.165) is 43.6 Å². The fourth-order valence-electron chi connectivity index (χ4n) is 7.03. The minimum absolute atomic E-state index is 0.0144. The van der Waals surface area contributed by atoms with Crippen LogP contribution in [0.25, 0.3) is 0 Å². The van der Waals surface area contributed by atoms with Crippen molar-refractivity contribution in [3.05, 3.63) is 64.7 Å². The third-order valence-electron chi connectivity index (χ3n) is 9.46. The number of amides is 1. The summed E-state index contributed by atoms with van der Waals surface area (Å²) in [7, 11) is 3.11. The second kappa shape index (κ2) is 12.8. The minimum Gasteiger partial charge on any atom is -0.469 e. The van der Waals surface area contributed by atoms with Crippen LogP contribution in [-0.4, -0.2) is 82.5 Å². The molecule has 2 aromatic rings. The molecule has 3 heterocycles.